The minimum Gasteiger partial charge on any atom is -0.505 e. The van der Waals surface area contributed by atoms with Crippen molar-refractivity contribution in [2.24, 2.45) is 0 Å². The number of alkyl halides is 3. The second-order valence-corrected chi connectivity index (χ2v) is 6.18. The number of rotatable bonds is 4. The predicted molar refractivity (Wildman–Crippen MR) is 108 cm³/mol. The Labute approximate surface area is 167 Å². The van der Waals surface area contributed by atoms with E-state index in [1.165, 1.54) is 24.3 Å². The largest absolute Gasteiger partial charge is 0.505 e. The Morgan fingerprint density at radius 3 is 1.67 bits per heavy atom. The highest BCUT2D eigenvalue weighted by Gasteiger charge is 1.98. The molecule has 0 saturated carbocycles. The summed E-state index contributed by atoms with van der Waals surface area (Å²) in [5.41, 5.74) is 0. The third-order valence-corrected chi connectivity index (χ3v) is 4.28. The molecule has 0 aliphatic heterocycles. The molecule has 2 aromatic rings. The van der Waals surface area contributed by atoms with Gasteiger partial charge in [0.15, 0.2) is 23.1 Å². The van der Waals surface area contributed by atoms with Gasteiger partial charge < -0.3 is 9.84 Å². The predicted octanol–water partition coefficient (Wildman–Crippen LogP) is 6.54. The summed E-state index contributed by atoms with van der Waals surface area (Å²) in [5, 5.41) is 11.4. The molecule has 2 aromatic carbocycles. The fourth-order valence-electron chi connectivity index (χ4n) is 1.16. The van der Waals surface area contributed by atoms with E-state index in [4.69, 9.17) is 9.84 Å². The van der Waals surface area contributed by atoms with Crippen molar-refractivity contribution < 1.29 is 18.6 Å². The zero-order valence-electron chi connectivity index (χ0n) is 12.2. The van der Waals surface area contributed by atoms with E-state index in [2.05, 4.69) is 47.8 Å². The smallest absolute Gasteiger partial charge is 0.165 e. The maximum atomic E-state index is 12.8. The molecule has 0 unspecified atom stereocenters. The lowest BCUT2D eigenvalue weighted by molar-refractivity contribution is 0.326. The highest BCUT2D eigenvalue weighted by atomic mass is 79.9. The van der Waals surface area contributed by atoms with Crippen LogP contribution in [0.25, 0.3) is 0 Å². The van der Waals surface area contributed by atoms with Gasteiger partial charge in [0, 0.05) is 16.0 Å². The molecule has 0 aliphatic rings. The number of hydrogen-bond donors (Lipinski definition) is 1. The van der Waals surface area contributed by atoms with E-state index in [9.17, 15) is 8.78 Å². The molecule has 0 heterocycles. The van der Waals surface area contributed by atoms with Crippen LogP contribution in [0.3, 0.4) is 0 Å². The zero-order valence-corrected chi connectivity index (χ0v) is 17.0. The van der Waals surface area contributed by atoms with Gasteiger partial charge in [-0.05, 0) is 24.3 Å². The maximum absolute atomic E-state index is 12.8. The first kappa shape index (κ1) is 25.6. The Morgan fingerprint density at radius 1 is 0.792 bits per heavy atom. The van der Waals surface area contributed by atoms with Gasteiger partial charge in [0.25, 0.3) is 0 Å². The molecule has 7 heteroatoms. The number of benzene rings is 2. The van der Waals surface area contributed by atoms with Crippen LogP contribution in [0.15, 0.2) is 48.5 Å². The minimum absolute atomic E-state index is 0. The van der Waals surface area contributed by atoms with Crippen LogP contribution in [0.4, 0.5) is 8.78 Å². The van der Waals surface area contributed by atoms with Crippen LogP contribution in [0.5, 0.6) is 11.5 Å². The molecule has 24 heavy (non-hydrogen) atoms. The molecule has 2 nitrogen and oxygen atoms in total. The van der Waals surface area contributed by atoms with Crippen molar-refractivity contribution in [1.82, 2.24) is 0 Å². The molecule has 0 radical (unpaired) electrons. The molecular weight excluding hydrogens is 514 g/mol. The summed E-state index contributed by atoms with van der Waals surface area (Å²) in [6.45, 7) is 0.487. The number of phenolic OH excluding ortho intramolecular Hbond substituents is 1. The average molecular weight is 535 g/mol. The minimum atomic E-state index is -0.576. The van der Waals surface area contributed by atoms with Gasteiger partial charge in [-0.3, -0.25) is 0 Å². The van der Waals surface area contributed by atoms with Gasteiger partial charge in [-0.2, -0.15) is 0 Å². The SMILES string of the molecule is BrCCBr.C.Fc1ccccc1OCCBr.Oc1ccccc1F. The number of aromatic hydroxyl groups is 1. The first-order chi connectivity index (χ1) is 11.1. The second kappa shape index (κ2) is 17.2. The van der Waals surface area contributed by atoms with Crippen LogP contribution >= 0.6 is 47.8 Å². The van der Waals surface area contributed by atoms with E-state index >= 15 is 0 Å². The Hall–Kier alpha value is -0.660. The van der Waals surface area contributed by atoms with Gasteiger partial charge in [0.05, 0.1) is 6.61 Å². The van der Waals surface area contributed by atoms with E-state index in [1.807, 2.05) is 0 Å². The number of ether oxygens (including phenoxy) is 1. The number of hydrogen-bond acceptors (Lipinski definition) is 2. The van der Waals surface area contributed by atoms with Crippen molar-refractivity contribution in [3.05, 3.63) is 60.2 Å². The third kappa shape index (κ3) is 12.7. The first-order valence-electron chi connectivity index (χ1n) is 6.55. The Morgan fingerprint density at radius 2 is 1.29 bits per heavy atom. The molecule has 1 N–H and O–H groups in total. The summed E-state index contributed by atoms with van der Waals surface area (Å²) in [6.07, 6.45) is 0. The lowest BCUT2D eigenvalue weighted by Crippen LogP contribution is -1.99. The van der Waals surface area contributed by atoms with Gasteiger partial charge in [-0.25, -0.2) is 8.78 Å². The Bertz CT molecular complexity index is 520. The van der Waals surface area contributed by atoms with Crippen molar-refractivity contribution >= 4 is 47.8 Å². The molecule has 0 atom stereocenters. The third-order valence-electron chi connectivity index (χ3n) is 2.10. The van der Waals surface area contributed by atoms with Crippen LogP contribution in [0.1, 0.15) is 7.43 Å². The molecule has 0 saturated heterocycles. The molecule has 0 spiro atoms. The Kier molecular flexibility index (Phi) is 18.3. The van der Waals surface area contributed by atoms with Crippen molar-refractivity contribution in [3.63, 3.8) is 0 Å². The maximum Gasteiger partial charge on any atom is 0.165 e. The number of halogens is 5. The molecule has 2 rings (SSSR count). The summed E-state index contributed by atoms with van der Waals surface area (Å²) in [4.78, 5) is 0. The molecule has 0 bridgehead atoms. The quantitative estimate of drug-likeness (QED) is 0.451. The summed E-state index contributed by atoms with van der Waals surface area (Å²) in [5.74, 6) is -0.875. The van der Waals surface area contributed by atoms with Gasteiger partial charge in [0.1, 0.15) is 0 Å². The van der Waals surface area contributed by atoms with E-state index < -0.39 is 5.82 Å². The van der Waals surface area contributed by atoms with Crippen molar-refractivity contribution in [2.75, 3.05) is 22.6 Å². The second-order valence-electron chi connectivity index (χ2n) is 3.80. The molecule has 0 amide bonds. The highest BCUT2D eigenvalue weighted by molar-refractivity contribution is 9.12. The highest BCUT2D eigenvalue weighted by Crippen LogP contribution is 2.15. The van der Waals surface area contributed by atoms with E-state index in [1.54, 1.807) is 24.3 Å². The van der Waals surface area contributed by atoms with Crippen molar-refractivity contribution in [1.29, 1.82) is 0 Å². The van der Waals surface area contributed by atoms with Gasteiger partial charge >= 0.3 is 0 Å². The molecular formula is C17H21Br3F2O2. The fourth-order valence-corrected chi connectivity index (χ4v) is 1.32. The topological polar surface area (TPSA) is 29.5 Å². The lowest BCUT2D eigenvalue weighted by Gasteiger charge is -2.03. The monoisotopic (exact) mass is 532 g/mol. The Balaban J connectivity index is 0. The average Bonchev–Trinajstić information content (AvgIpc) is 2.58. The summed E-state index contributed by atoms with van der Waals surface area (Å²) >= 11 is 9.59. The van der Waals surface area contributed by atoms with Crippen LogP contribution in [-0.2, 0) is 0 Å². The lowest BCUT2D eigenvalue weighted by atomic mass is 10.3. The zero-order chi connectivity index (χ0) is 17.5. The molecule has 136 valence electrons. The number of para-hydroxylation sites is 2. The standard InChI is InChI=1S/C8H8BrFO.C6H5FO.C2H4Br2.CH4/c9-5-6-11-8-4-2-1-3-7(8)10;7-5-3-1-2-4-6(5)8;3-1-2-4;/h1-4H,5-6H2;1-4,8H;1-2H2;1H4. The van der Waals surface area contributed by atoms with E-state index in [0.717, 1.165) is 10.7 Å². The molecule has 0 aromatic heterocycles. The van der Waals surface area contributed by atoms with E-state index in [-0.39, 0.29) is 19.0 Å². The van der Waals surface area contributed by atoms with Gasteiger partial charge in [-0.15, -0.1) is 0 Å². The first-order valence-corrected chi connectivity index (χ1v) is 9.92. The normalized spacial score (nSPS) is 8.71. The van der Waals surface area contributed by atoms with Crippen LogP contribution in [0, 0.1) is 11.6 Å². The van der Waals surface area contributed by atoms with Crippen molar-refractivity contribution in [2.45, 2.75) is 7.43 Å². The van der Waals surface area contributed by atoms with Gasteiger partial charge in [0.2, 0.25) is 0 Å². The number of phenols is 1. The fraction of sp³-hybridized carbons (Fsp3) is 0.294. The van der Waals surface area contributed by atoms with Gasteiger partial charge in [-0.1, -0.05) is 79.5 Å². The van der Waals surface area contributed by atoms with Crippen LogP contribution in [0.2, 0.25) is 0 Å². The summed E-state index contributed by atoms with van der Waals surface area (Å²) in [6, 6.07) is 12.0. The van der Waals surface area contributed by atoms with Crippen LogP contribution in [-0.4, -0.2) is 27.7 Å². The van der Waals surface area contributed by atoms with Crippen LogP contribution < -0.4 is 4.74 Å². The molecule has 0 fully saturated rings. The summed E-state index contributed by atoms with van der Waals surface area (Å²) in [7, 11) is 0. The summed E-state index contributed by atoms with van der Waals surface area (Å²) < 4.78 is 29.9. The van der Waals surface area contributed by atoms with Crippen molar-refractivity contribution in [3.8, 4) is 11.5 Å². The molecule has 0 aliphatic carbocycles. The van der Waals surface area contributed by atoms with E-state index in [0.29, 0.717) is 17.7 Å².